The fourth-order valence-corrected chi connectivity index (χ4v) is 1.90. The van der Waals surface area contributed by atoms with E-state index in [4.69, 9.17) is 5.11 Å². The van der Waals surface area contributed by atoms with E-state index in [9.17, 15) is 14.0 Å². The zero-order valence-corrected chi connectivity index (χ0v) is 11.9. The van der Waals surface area contributed by atoms with Crippen LogP contribution in [0.15, 0.2) is 22.7 Å². The lowest BCUT2D eigenvalue weighted by molar-refractivity contribution is -0.137. The average molecular weight is 332 g/mol. The topological polar surface area (TPSA) is 66.4 Å². The molecule has 0 radical (unpaired) electrons. The van der Waals surface area contributed by atoms with E-state index in [-0.39, 0.29) is 16.8 Å². The van der Waals surface area contributed by atoms with Gasteiger partial charge in [0.15, 0.2) is 0 Å². The Kier molecular flexibility index (Phi) is 6.49. The predicted molar refractivity (Wildman–Crippen MR) is 72.5 cm³/mol. The zero-order valence-electron chi connectivity index (χ0n) is 10.3. The van der Waals surface area contributed by atoms with Crippen LogP contribution in [-0.2, 0) is 4.79 Å². The van der Waals surface area contributed by atoms with Gasteiger partial charge in [0.1, 0.15) is 5.82 Å². The number of unbranched alkanes of at least 4 members (excludes halogenated alkanes) is 2. The number of nitrogens with one attached hydrogen (secondary N) is 1. The van der Waals surface area contributed by atoms with Gasteiger partial charge in [0.25, 0.3) is 5.91 Å². The highest BCUT2D eigenvalue weighted by Gasteiger charge is 2.07. The van der Waals surface area contributed by atoms with E-state index < -0.39 is 11.8 Å². The minimum atomic E-state index is -0.805. The highest BCUT2D eigenvalue weighted by Crippen LogP contribution is 2.16. The SMILES string of the molecule is O=C(O)CCCCCNC(=O)c1ccc(F)c(Br)c1. The molecule has 0 aliphatic heterocycles. The van der Waals surface area contributed by atoms with Crippen molar-refractivity contribution in [3.63, 3.8) is 0 Å². The molecule has 6 heteroatoms. The number of aliphatic carboxylic acids is 1. The minimum absolute atomic E-state index is 0.152. The van der Waals surface area contributed by atoms with Crippen LogP contribution in [-0.4, -0.2) is 23.5 Å². The summed E-state index contributed by atoms with van der Waals surface area (Å²) in [7, 11) is 0. The lowest BCUT2D eigenvalue weighted by atomic mass is 10.2. The lowest BCUT2D eigenvalue weighted by Crippen LogP contribution is -2.24. The minimum Gasteiger partial charge on any atom is -0.481 e. The van der Waals surface area contributed by atoms with Crippen LogP contribution in [0.4, 0.5) is 4.39 Å². The fourth-order valence-electron chi connectivity index (χ4n) is 1.52. The number of carbonyl (C=O) groups excluding carboxylic acids is 1. The molecule has 1 rings (SSSR count). The molecular formula is C13H15BrFNO3. The Morgan fingerprint density at radius 2 is 2.00 bits per heavy atom. The smallest absolute Gasteiger partial charge is 0.303 e. The van der Waals surface area contributed by atoms with Gasteiger partial charge in [-0.05, 0) is 47.0 Å². The molecule has 0 aromatic heterocycles. The molecule has 4 nitrogen and oxygen atoms in total. The van der Waals surface area contributed by atoms with Gasteiger partial charge in [0.2, 0.25) is 0 Å². The zero-order chi connectivity index (χ0) is 14.3. The fraction of sp³-hybridized carbons (Fsp3) is 0.385. The van der Waals surface area contributed by atoms with Crippen molar-refractivity contribution >= 4 is 27.8 Å². The molecule has 2 N–H and O–H groups in total. The molecule has 1 amide bonds. The molecule has 0 fully saturated rings. The molecule has 1 aromatic rings. The maximum atomic E-state index is 13.0. The van der Waals surface area contributed by atoms with Crippen molar-refractivity contribution in [2.75, 3.05) is 6.54 Å². The van der Waals surface area contributed by atoms with Crippen molar-refractivity contribution in [3.05, 3.63) is 34.1 Å². The van der Waals surface area contributed by atoms with Gasteiger partial charge in [-0.3, -0.25) is 9.59 Å². The molecule has 104 valence electrons. The van der Waals surface area contributed by atoms with Crippen LogP contribution in [0.25, 0.3) is 0 Å². The summed E-state index contributed by atoms with van der Waals surface area (Å²) in [6.45, 7) is 0.480. The number of carbonyl (C=O) groups is 2. The van der Waals surface area contributed by atoms with Crippen molar-refractivity contribution in [2.24, 2.45) is 0 Å². The summed E-state index contributed by atoms with van der Waals surface area (Å²) in [6.07, 6.45) is 2.23. The van der Waals surface area contributed by atoms with Gasteiger partial charge >= 0.3 is 5.97 Å². The van der Waals surface area contributed by atoms with Crippen LogP contribution in [0.3, 0.4) is 0 Å². The Hall–Kier alpha value is -1.43. The molecule has 0 heterocycles. The van der Waals surface area contributed by atoms with E-state index in [0.717, 1.165) is 12.8 Å². The Labute approximate surface area is 119 Å². The first kappa shape index (κ1) is 15.6. The molecule has 1 aromatic carbocycles. The summed E-state index contributed by atoms with van der Waals surface area (Å²) in [6, 6.07) is 4.07. The first-order valence-corrected chi connectivity index (χ1v) is 6.75. The van der Waals surface area contributed by atoms with Crippen LogP contribution < -0.4 is 5.32 Å². The van der Waals surface area contributed by atoms with E-state index in [1.807, 2.05) is 0 Å². The van der Waals surface area contributed by atoms with Gasteiger partial charge < -0.3 is 10.4 Å². The maximum absolute atomic E-state index is 13.0. The van der Waals surface area contributed by atoms with Crippen LogP contribution in [0, 0.1) is 5.82 Å². The van der Waals surface area contributed by atoms with Crippen LogP contribution in [0.5, 0.6) is 0 Å². The Morgan fingerprint density at radius 3 is 2.63 bits per heavy atom. The maximum Gasteiger partial charge on any atom is 0.303 e. The molecule has 0 aliphatic rings. The van der Waals surface area contributed by atoms with Crippen molar-refractivity contribution in [2.45, 2.75) is 25.7 Å². The summed E-state index contributed by atoms with van der Waals surface area (Å²) in [4.78, 5) is 22.0. The van der Waals surface area contributed by atoms with E-state index in [2.05, 4.69) is 21.2 Å². The lowest BCUT2D eigenvalue weighted by Gasteiger charge is -2.05. The Morgan fingerprint density at radius 1 is 1.26 bits per heavy atom. The standard InChI is InChI=1S/C13H15BrFNO3/c14-10-8-9(5-6-11(10)15)13(19)16-7-3-1-2-4-12(17)18/h5-6,8H,1-4,7H2,(H,16,19)(H,17,18). The summed E-state index contributed by atoms with van der Waals surface area (Å²) in [5, 5.41) is 11.2. The number of halogens is 2. The summed E-state index contributed by atoms with van der Waals surface area (Å²) in [5.41, 5.74) is 0.388. The molecule has 0 spiro atoms. The molecule has 0 saturated heterocycles. The highest BCUT2D eigenvalue weighted by atomic mass is 79.9. The molecule has 0 aliphatic carbocycles. The summed E-state index contributed by atoms with van der Waals surface area (Å²) < 4.78 is 13.2. The van der Waals surface area contributed by atoms with Gasteiger partial charge in [-0.1, -0.05) is 6.42 Å². The first-order valence-electron chi connectivity index (χ1n) is 5.95. The van der Waals surface area contributed by atoms with Crippen LogP contribution in [0.2, 0.25) is 0 Å². The third kappa shape index (κ3) is 5.83. The van der Waals surface area contributed by atoms with E-state index in [1.54, 1.807) is 0 Å². The molecule has 0 saturated carbocycles. The average Bonchev–Trinajstić information content (AvgIpc) is 2.36. The second kappa shape index (κ2) is 7.89. The Balaban J connectivity index is 2.27. The second-order valence-electron chi connectivity index (χ2n) is 4.09. The summed E-state index contributed by atoms with van der Waals surface area (Å²) >= 11 is 3.02. The van der Waals surface area contributed by atoms with Gasteiger partial charge in [0.05, 0.1) is 4.47 Å². The van der Waals surface area contributed by atoms with Crippen LogP contribution in [0.1, 0.15) is 36.0 Å². The number of amides is 1. The monoisotopic (exact) mass is 331 g/mol. The third-order valence-corrected chi connectivity index (χ3v) is 3.14. The molecule has 0 atom stereocenters. The second-order valence-corrected chi connectivity index (χ2v) is 4.94. The molecule has 0 bridgehead atoms. The number of benzene rings is 1. The van der Waals surface area contributed by atoms with Gasteiger partial charge in [-0.15, -0.1) is 0 Å². The van der Waals surface area contributed by atoms with Gasteiger partial charge in [-0.2, -0.15) is 0 Å². The number of hydrogen-bond donors (Lipinski definition) is 2. The van der Waals surface area contributed by atoms with Crippen molar-refractivity contribution < 1.29 is 19.1 Å². The molecular weight excluding hydrogens is 317 g/mol. The molecule has 0 unspecified atom stereocenters. The number of rotatable bonds is 7. The first-order chi connectivity index (χ1) is 9.00. The number of hydrogen-bond acceptors (Lipinski definition) is 2. The normalized spacial score (nSPS) is 10.2. The molecule has 19 heavy (non-hydrogen) atoms. The van der Waals surface area contributed by atoms with Crippen molar-refractivity contribution in [1.82, 2.24) is 5.32 Å². The van der Waals surface area contributed by atoms with E-state index in [0.29, 0.717) is 18.5 Å². The van der Waals surface area contributed by atoms with E-state index in [1.165, 1.54) is 18.2 Å². The number of carboxylic acid groups (broad SMARTS) is 1. The summed E-state index contributed by atoms with van der Waals surface area (Å²) in [5.74, 6) is -1.48. The highest BCUT2D eigenvalue weighted by molar-refractivity contribution is 9.10. The van der Waals surface area contributed by atoms with Crippen LogP contribution >= 0.6 is 15.9 Å². The predicted octanol–water partition coefficient (Wildman–Crippen LogP) is 2.96. The third-order valence-electron chi connectivity index (χ3n) is 2.53. The van der Waals surface area contributed by atoms with E-state index >= 15 is 0 Å². The quantitative estimate of drug-likeness (QED) is 0.755. The van der Waals surface area contributed by atoms with Crippen molar-refractivity contribution in [1.29, 1.82) is 0 Å². The Bertz CT molecular complexity index is 465. The van der Waals surface area contributed by atoms with Gasteiger partial charge in [-0.25, -0.2) is 4.39 Å². The number of carboxylic acids is 1. The largest absolute Gasteiger partial charge is 0.481 e. The van der Waals surface area contributed by atoms with Crippen molar-refractivity contribution in [3.8, 4) is 0 Å². The van der Waals surface area contributed by atoms with Gasteiger partial charge in [0, 0.05) is 18.5 Å².